The number of rotatable bonds is 4. The summed E-state index contributed by atoms with van der Waals surface area (Å²) in [6.07, 6.45) is 1.42. The molecule has 1 fully saturated rings. The monoisotopic (exact) mass is 229 g/mol. The van der Waals surface area contributed by atoms with Crippen LogP contribution in [0.25, 0.3) is 0 Å². The van der Waals surface area contributed by atoms with Crippen LogP contribution in [0.3, 0.4) is 0 Å². The van der Waals surface area contributed by atoms with Crippen molar-refractivity contribution in [1.29, 1.82) is 0 Å². The van der Waals surface area contributed by atoms with E-state index in [-0.39, 0.29) is 24.4 Å². The van der Waals surface area contributed by atoms with E-state index in [4.69, 9.17) is 5.73 Å². The highest BCUT2D eigenvalue weighted by Crippen LogP contribution is 2.43. The van der Waals surface area contributed by atoms with Gasteiger partial charge in [-0.3, -0.25) is 0 Å². The van der Waals surface area contributed by atoms with E-state index in [2.05, 4.69) is 0 Å². The standard InChI is InChI=1S/C12H14F3N/c13-10-3-1-2-8(11(10)14)6-12(15,7-16)9-4-5-9/h1-3,9H,4-7,16H2. The zero-order chi connectivity index (χ0) is 11.8. The molecule has 1 aromatic carbocycles. The third-order valence-electron chi connectivity index (χ3n) is 3.16. The summed E-state index contributed by atoms with van der Waals surface area (Å²) in [4.78, 5) is 0. The lowest BCUT2D eigenvalue weighted by atomic mass is 9.91. The Morgan fingerprint density at radius 3 is 2.56 bits per heavy atom. The highest BCUT2D eigenvalue weighted by Gasteiger charge is 2.45. The Labute approximate surface area is 92.5 Å². The van der Waals surface area contributed by atoms with E-state index in [1.54, 1.807) is 0 Å². The third-order valence-corrected chi connectivity index (χ3v) is 3.16. The molecule has 1 nitrogen and oxygen atoms in total. The molecule has 0 heterocycles. The molecule has 1 atom stereocenters. The first-order chi connectivity index (χ1) is 7.57. The minimum Gasteiger partial charge on any atom is -0.328 e. The molecule has 0 aliphatic heterocycles. The average Bonchev–Trinajstić information content (AvgIpc) is 3.08. The number of alkyl halides is 1. The van der Waals surface area contributed by atoms with Crippen LogP contribution in [0.15, 0.2) is 18.2 Å². The number of hydrogen-bond acceptors (Lipinski definition) is 1. The van der Waals surface area contributed by atoms with Crippen LogP contribution in [0.4, 0.5) is 13.2 Å². The highest BCUT2D eigenvalue weighted by molar-refractivity contribution is 5.22. The third kappa shape index (κ3) is 2.07. The van der Waals surface area contributed by atoms with Gasteiger partial charge in [0.15, 0.2) is 11.6 Å². The van der Waals surface area contributed by atoms with Gasteiger partial charge in [0.25, 0.3) is 0 Å². The van der Waals surface area contributed by atoms with Gasteiger partial charge in [-0.25, -0.2) is 13.2 Å². The van der Waals surface area contributed by atoms with Gasteiger partial charge >= 0.3 is 0 Å². The molecule has 0 radical (unpaired) electrons. The highest BCUT2D eigenvalue weighted by atomic mass is 19.2. The molecule has 1 aliphatic carbocycles. The first-order valence-electron chi connectivity index (χ1n) is 5.39. The molecule has 0 bridgehead atoms. The molecule has 4 heteroatoms. The lowest BCUT2D eigenvalue weighted by Gasteiger charge is -2.23. The molecule has 0 spiro atoms. The molecule has 1 saturated carbocycles. The summed E-state index contributed by atoms with van der Waals surface area (Å²) in [6.45, 7) is -0.145. The van der Waals surface area contributed by atoms with E-state index in [1.807, 2.05) is 0 Å². The molecular weight excluding hydrogens is 215 g/mol. The summed E-state index contributed by atoms with van der Waals surface area (Å²) in [7, 11) is 0. The maximum Gasteiger partial charge on any atom is 0.162 e. The van der Waals surface area contributed by atoms with Crippen molar-refractivity contribution < 1.29 is 13.2 Å². The van der Waals surface area contributed by atoms with Gasteiger partial charge < -0.3 is 5.73 Å². The summed E-state index contributed by atoms with van der Waals surface area (Å²) < 4.78 is 40.6. The van der Waals surface area contributed by atoms with E-state index in [1.165, 1.54) is 12.1 Å². The molecule has 88 valence electrons. The SMILES string of the molecule is NCC(F)(Cc1cccc(F)c1F)C1CC1. The van der Waals surface area contributed by atoms with Crippen molar-refractivity contribution in [3.63, 3.8) is 0 Å². The van der Waals surface area contributed by atoms with Crippen LogP contribution >= 0.6 is 0 Å². The van der Waals surface area contributed by atoms with Gasteiger partial charge in [0, 0.05) is 13.0 Å². The van der Waals surface area contributed by atoms with Gasteiger partial charge in [0.05, 0.1) is 0 Å². The van der Waals surface area contributed by atoms with E-state index in [9.17, 15) is 13.2 Å². The quantitative estimate of drug-likeness (QED) is 0.843. The van der Waals surface area contributed by atoms with Gasteiger partial charge in [0.2, 0.25) is 0 Å². The van der Waals surface area contributed by atoms with Crippen molar-refractivity contribution in [2.75, 3.05) is 6.54 Å². The van der Waals surface area contributed by atoms with Gasteiger partial charge in [-0.15, -0.1) is 0 Å². The lowest BCUT2D eigenvalue weighted by molar-refractivity contribution is 0.141. The van der Waals surface area contributed by atoms with Crippen molar-refractivity contribution >= 4 is 0 Å². The fourth-order valence-corrected chi connectivity index (χ4v) is 1.99. The number of benzene rings is 1. The van der Waals surface area contributed by atoms with Crippen LogP contribution in [0.2, 0.25) is 0 Å². The molecule has 1 unspecified atom stereocenters. The van der Waals surface area contributed by atoms with E-state index >= 15 is 0 Å². The van der Waals surface area contributed by atoms with Crippen LogP contribution in [-0.2, 0) is 6.42 Å². The summed E-state index contributed by atoms with van der Waals surface area (Å²) in [6, 6.07) is 3.82. The normalized spacial score (nSPS) is 19.5. The summed E-state index contributed by atoms with van der Waals surface area (Å²) in [5, 5.41) is 0. The molecule has 0 saturated heterocycles. The Morgan fingerprint density at radius 1 is 1.31 bits per heavy atom. The molecule has 2 N–H and O–H groups in total. The van der Waals surface area contributed by atoms with Gasteiger partial charge in [-0.05, 0) is 30.4 Å². The Hall–Kier alpha value is -1.03. The fraction of sp³-hybridized carbons (Fsp3) is 0.500. The Bertz CT molecular complexity index is 390. The largest absolute Gasteiger partial charge is 0.328 e. The Balaban J connectivity index is 2.22. The maximum absolute atomic E-state index is 14.3. The smallest absolute Gasteiger partial charge is 0.162 e. The van der Waals surface area contributed by atoms with Gasteiger partial charge in [-0.1, -0.05) is 12.1 Å². The summed E-state index contributed by atoms with van der Waals surface area (Å²) in [5.74, 6) is -1.99. The Morgan fingerprint density at radius 2 is 2.00 bits per heavy atom. The number of hydrogen-bond donors (Lipinski definition) is 1. The average molecular weight is 229 g/mol. The van der Waals surface area contributed by atoms with E-state index in [0.29, 0.717) is 0 Å². The van der Waals surface area contributed by atoms with Crippen LogP contribution in [0.1, 0.15) is 18.4 Å². The summed E-state index contributed by atoms with van der Waals surface area (Å²) >= 11 is 0. The number of halogens is 3. The molecule has 1 aromatic rings. The predicted octanol–water partition coefficient (Wildman–Crippen LogP) is 2.58. The van der Waals surface area contributed by atoms with Crippen LogP contribution in [0.5, 0.6) is 0 Å². The maximum atomic E-state index is 14.3. The molecular formula is C12H14F3N. The fourth-order valence-electron chi connectivity index (χ4n) is 1.99. The van der Waals surface area contributed by atoms with Crippen LogP contribution in [-0.4, -0.2) is 12.2 Å². The second-order valence-corrected chi connectivity index (χ2v) is 4.40. The van der Waals surface area contributed by atoms with Crippen LogP contribution in [0, 0.1) is 17.6 Å². The zero-order valence-corrected chi connectivity index (χ0v) is 8.85. The topological polar surface area (TPSA) is 26.0 Å². The minimum atomic E-state index is -1.59. The van der Waals surface area contributed by atoms with Crippen LogP contribution < -0.4 is 5.73 Å². The Kier molecular flexibility index (Phi) is 2.93. The van der Waals surface area contributed by atoms with E-state index in [0.717, 1.165) is 18.9 Å². The second-order valence-electron chi connectivity index (χ2n) is 4.40. The zero-order valence-electron chi connectivity index (χ0n) is 8.85. The molecule has 0 aromatic heterocycles. The molecule has 0 amide bonds. The first kappa shape index (κ1) is 11.5. The lowest BCUT2D eigenvalue weighted by Crippen LogP contribution is -2.38. The minimum absolute atomic E-state index is 0.0693. The second kappa shape index (κ2) is 4.09. The molecule has 1 aliphatic rings. The molecule has 16 heavy (non-hydrogen) atoms. The van der Waals surface area contributed by atoms with Gasteiger partial charge in [0.1, 0.15) is 5.67 Å². The van der Waals surface area contributed by atoms with Crippen molar-refractivity contribution in [3.05, 3.63) is 35.4 Å². The van der Waals surface area contributed by atoms with Gasteiger partial charge in [-0.2, -0.15) is 0 Å². The first-order valence-corrected chi connectivity index (χ1v) is 5.39. The van der Waals surface area contributed by atoms with Crippen molar-refractivity contribution in [1.82, 2.24) is 0 Å². The van der Waals surface area contributed by atoms with Crippen molar-refractivity contribution in [3.8, 4) is 0 Å². The van der Waals surface area contributed by atoms with E-state index < -0.39 is 17.3 Å². The van der Waals surface area contributed by atoms with Crippen molar-refractivity contribution in [2.45, 2.75) is 24.9 Å². The molecule has 2 rings (SSSR count). The van der Waals surface area contributed by atoms with Crippen molar-refractivity contribution in [2.24, 2.45) is 11.7 Å². The predicted molar refractivity (Wildman–Crippen MR) is 55.7 cm³/mol. The summed E-state index contributed by atoms with van der Waals surface area (Å²) in [5.41, 5.74) is 3.87. The number of nitrogens with two attached hydrogens (primary N) is 1.